The summed E-state index contributed by atoms with van der Waals surface area (Å²) in [5.41, 5.74) is 0. The molecule has 1 unspecified atom stereocenters. The Kier molecular flexibility index (Phi) is 4.51. The van der Waals surface area contributed by atoms with Gasteiger partial charge in [0.1, 0.15) is 16.9 Å². The summed E-state index contributed by atoms with van der Waals surface area (Å²) in [4.78, 5) is 0. The van der Waals surface area contributed by atoms with Crippen LogP contribution in [0.4, 0.5) is 0 Å². The van der Waals surface area contributed by atoms with Crippen LogP contribution in [0.5, 0.6) is 5.75 Å². The molecule has 0 amide bonds. The van der Waals surface area contributed by atoms with E-state index in [-0.39, 0.29) is 12.7 Å². The maximum absolute atomic E-state index is 9.38. The van der Waals surface area contributed by atoms with Gasteiger partial charge in [-0.05, 0) is 25.1 Å². The van der Waals surface area contributed by atoms with Crippen LogP contribution < -0.4 is 10.1 Å². The van der Waals surface area contributed by atoms with Gasteiger partial charge in [-0.1, -0.05) is 29.3 Å². The summed E-state index contributed by atoms with van der Waals surface area (Å²) in [6, 6.07) is 5.26. The standard InChI is InChI=1S/C12H15Cl2NO2/c13-9-2-1-3-10(12(9)14)17-11(7-16)8-4-5-15-6-8/h1-3,8,11,15-16H,4-7H2/t8?,11-/m0/s1. The molecule has 3 nitrogen and oxygen atoms in total. The Hall–Kier alpha value is -0.480. The lowest BCUT2D eigenvalue weighted by Crippen LogP contribution is -2.32. The molecule has 1 aromatic carbocycles. The molecule has 2 rings (SSSR count). The largest absolute Gasteiger partial charge is 0.486 e. The lowest BCUT2D eigenvalue weighted by atomic mass is 10.0. The first-order valence-corrected chi connectivity index (χ1v) is 6.40. The number of rotatable bonds is 4. The minimum Gasteiger partial charge on any atom is -0.486 e. The average Bonchev–Trinajstić information content (AvgIpc) is 2.85. The van der Waals surface area contributed by atoms with Crippen molar-refractivity contribution in [3.8, 4) is 5.75 Å². The molecule has 0 saturated carbocycles. The first-order valence-electron chi connectivity index (χ1n) is 5.64. The van der Waals surface area contributed by atoms with E-state index < -0.39 is 0 Å². The Balaban J connectivity index is 2.09. The van der Waals surface area contributed by atoms with Gasteiger partial charge in [-0.25, -0.2) is 0 Å². The number of ether oxygens (including phenoxy) is 1. The molecule has 2 N–H and O–H groups in total. The van der Waals surface area contributed by atoms with Gasteiger partial charge in [0.25, 0.3) is 0 Å². The number of nitrogens with one attached hydrogen (secondary N) is 1. The molecule has 1 aromatic rings. The summed E-state index contributed by atoms with van der Waals surface area (Å²) >= 11 is 12.0. The van der Waals surface area contributed by atoms with Gasteiger partial charge in [-0.3, -0.25) is 0 Å². The molecule has 1 fully saturated rings. The minimum absolute atomic E-state index is 0.0187. The predicted molar refractivity (Wildman–Crippen MR) is 68.9 cm³/mol. The van der Waals surface area contributed by atoms with E-state index >= 15 is 0 Å². The Morgan fingerprint density at radius 1 is 1.47 bits per heavy atom. The third kappa shape index (κ3) is 3.05. The van der Waals surface area contributed by atoms with Crippen LogP contribution in [0.2, 0.25) is 10.0 Å². The van der Waals surface area contributed by atoms with E-state index in [2.05, 4.69) is 5.32 Å². The highest BCUT2D eigenvalue weighted by atomic mass is 35.5. The zero-order valence-electron chi connectivity index (χ0n) is 9.33. The van der Waals surface area contributed by atoms with E-state index in [1.54, 1.807) is 18.2 Å². The topological polar surface area (TPSA) is 41.5 Å². The normalized spacial score (nSPS) is 21.5. The second-order valence-electron chi connectivity index (χ2n) is 4.14. The van der Waals surface area contributed by atoms with E-state index in [0.717, 1.165) is 19.5 Å². The van der Waals surface area contributed by atoms with E-state index in [1.807, 2.05) is 0 Å². The van der Waals surface area contributed by atoms with Gasteiger partial charge in [0, 0.05) is 12.5 Å². The summed E-state index contributed by atoms with van der Waals surface area (Å²) in [5.74, 6) is 0.847. The SMILES string of the molecule is OC[C@H](Oc1cccc(Cl)c1Cl)C1CCNC1. The predicted octanol–water partition coefficient (Wildman–Crippen LogP) is 2.34. The molecular formula is C12H15Cl2NO2. The molecule has 1 heterocycles. The van der Waals surface area contributed by atoms with Gasteiger partial charge < -0.3 is 15.2 Å². The summed E-state index contributed by atoms with van der Waals surface area (Å²) in [5, 5.41) is 13.5. The average molecular weight is 276 g/mol. The van der Waals surface area contributed by atoms with Crippen molar-refractivity contribution in [3.05, 3.63) is 28.2 Å². The number of halogens is 2. The summed E-state index contributed by atoms with van der Waals surface area (Å²) < 4.78 is 5.75. The molecule has 1 aliphatic rings. The number of aliphatic hydroxyl groups excluding tert-OH is 1. The van der Waals surface area contributed by atoms with Crippen LogP contribution in [-0.2, 0) is 0 Å². The van der Waals surface area contributed by atoms with Crippen molar-refractivity contribution >= 4 is 23.2 Å². The molecule has 17 heavy (non-hydrogen) atoms. The number of benzene rings is 1. The molecule has 0 spiro atoms. The summed E-state index contributed by atoms with van der Waals surface area (Å²) in [6.07, 6.45) is 0.768. The van der Waals surface area contributed by atoms with Crippen LogP contribution in [0.15, 0.2) is 18.2 Å². The summed E-state index contributed by atoms with van der Waals surface area (Å²) in [6.45, 7) is 1.81. The zero-order valence-corrected chi connectivity index (χ0v) is 10.8. The maximum atomic E-state index is 9.38. The van der Waals surface area contributed by atoms with Gasteiger partial charge in [-0.2, -0.15) is 0 Å². The molecule has 1 aliphatic heterocycles. The van der Waals surface area contributed by atoms with Gasteiger partial charge in [-0.15, -0.1) is 0 Å². The van der Waals surface area contributed by atoms with E-state index in [4.69, 9.17) is 27.9 Å². The van der Waals surface area contributed by atoms with Crippen molar-refractivity contribution in [3.63, 3.8) is 0 Å². The minimum atomic E-state index is -0.235. The lowest BCUT2D eigenvalue weighted by molar-refractivity contribution is 0.0743. The Labute approximate surface area is 111 Å². The lowest BCUT2D eigenvalue weighted by Gasteiger charge is -2.23. The van der Waals surface area contributed by atoms with Crippen LogP contribution in [0.3, 0.4) is 0 Å². The third-order valence-electron chi connectivity index (χ3n) is 3.00. The smallest absolute Gasteiger partial charge is 0.139 e. The van der Waals surface area contributed by atoms with Gasteiger partial charge in [0.05, 0.1) is 11.6 Å². The highest BCUT2D eigenvalue weighted by Crippen LogP contribution is 2.33. The van der Waals surface area contributed by atoms with Crippen molar-refractivity contribution < 1.29 is 9.84 Å². The van der Waals surface area contributed by atoms with Crippen LogP contribution in [0, 0.1) is 5.92 Å². The van der Waals surface area contributed by atoms with Crippen LogP contribution >= 0.6 is 23.2 Å². The second-order valence-corrected chi connectivity index (χ2v) is 4.93. The van der Waals surface area contributed by atoms with E-state index in [0.29, 0.717) is 21.7 Å². The molecular weight excluding hydrogens is 261 g/mol. The fraction of sp³-hybridized carbons (Fsp3) is 0.500. The Bertz CT molecular complexity index is 381. The first-order chi connectivity index (χ1) is 8.22. The molecule has 0 radical (unpaired) electrons. The van der Waals surface area contributed by atoms with Gasteiger partial charge >= 0.3 is 0 Å². The van der Waals surface area contributed by atoms with E-state index in [1.165, 1.54) is 0 Å². The molecule has 2 atom stereocenters. The van der Waals surface area contributed by atoms with Crippen molar-refractivity contribution in [2.24, 2.45) is 5.92 Å². The third-order valence-corrected chi connectivity index (χ3v) is 3.80. The van der Waals surface area contributed by atoms with E-state index in [9.17, 15) is 5.11 Å². The fourth-order valence-corrected chi connectivity index (χ4v) is 2.35. The quantitative estimate of drug-likeness (QED) is 0.887. The fourth-order valence-electron chi connectivity index (χ4n) is 2.01. The zero-order chi connectivity index (χ0) is 12.3. The number of aliphatic hydroxyl groups is 1. The summed E-state index contributed by atoms with van der Waals surface area (Å²) in [7, 11) is 0. The number of hydrogen-bond acceptors (Lipinski definition) is 3. The first kappa shape index (κ1) is 13.0. The van der Waals surface area contributed by atoms with Crippen molar-refractivity contribution in [2.75, 3.05) is 19.7 Å². The van der Waals surface area contributed by atoms with Crippen molar-refractivity contribution in [1.29, 1.82) is 0 Å². The second kappa shape index (κ2) is 5.91. The Morgan fingerprint density at radius 2 is 2.29 bits per heavy atom. The van der Waals surface area contributed by atoms with Gasteiger partial charge in [0.2, 0.25) is 0 Å². The van der Waals surface area contributed by atoms with Crippen molar-refractivity contribution in [2.45, 2.75) is 12.5 Å². The van der Waals surface area contributed by atoms with Gasteiger partial charge in [0.15, 0.2) is 0 Å². The molecule has 5 heteroatoms. The molecule has 0 bridgehead atoms. The highest BCUT2D eigenvalue weighted by Gasteiger charge is 2.26. The maximum Gasteiger partial charge on any atom is 0.139 e. The van der Waals surface area contributed by atoms with Crippen LogP contribution in [0.25, 0.3) is 0 Å². The van der Waals surface area contributed by atoms with Crippen LogP contribution in [0.1, 0.15) is 6.42 Å². The van der Waals surface area contributed by atoms with Crippen LogP contribution in [-0.4, -0.2) is 30.9 Å². The Morgan fingerprint density at radius 3 is 2.94 bits per heavy atom. The highest BCUT2D eigenvalue weighted by molar-refractivity contribution is 6.42. The number of hydrogen-bond donors (Lipinski definition) is 2. The molecule has 94 valence electrons. The molecule has 1 saturated heterocycles. The molecule has 0 aliphatic carbocycles. The molecule has 0 aromatic heterocycles. The monoisotopic (exact) mass is 275 g/mol. The van der Waals surface area contributed by atoms with Crippen molar-refractivity contribution in [1.82, 2.24) is 5.32 Å².